The Morgan fingerprint density at radius 2 is 2.03 bits per heavy atom. The third-order valence-electron chi connectivity index (χ3n) is 6.15. The van der Waals surface area contributed by atoms with E-state index in [9.17, 15) is 23.4 Å². The van der Waals surface area contributed by atoms with Crippen LogP contribution in [-0.4, -0.2) is 54.2 Å². The van der Waals surface area contributed by atoms with Crippen molar-refractivity contribution in [3.8, 4) is 11.8 Å². The second kappa shape index (κ2) is 12.0. The lowest BCUT2D eigenvalue weighted by Crippen LogP contribution is -2.35. The van der Waals surface area contributed by atoms with Crippen molar-refractivity contribution >= 4 is 15.9 Å². The molecule has 2 fully saturated rings. The molecule has 1 aliphatic carbocycles. The number of aliphatic hydroxyl groups is 2. The summed E-state index contributed by atoms with van der Waals surface area (Å²) in [4.78, 5) is 11.8. The molecule has 1 saturated carbocycles. The van der Waals surface area contributed by atoms with Crippen LogP contribution in [0.4, 0.5) is 0 Å². The van der Waals surface area contributed by atoms with E-state index in [4.69, 9.17) is 4.74 Å². The standard InChI is InChI=1S/C23H37NO6S/c1-4-5-6-9-17(25)12-13-19-20-14-18(30-22(20)15-21(19)26)10-7-8-11-23(27)24-31(28,29)16(2)3/h12-13,16-22,25-26H,6-11,14-15H2,1-3H3,(H,24,27)/t17-,18+,19+,20+,21+,22-/m0/s1. The average molecular weight is 456 g/mol. The van der Waals surface area contributed by atoms with Crippen LogP contribution in [0, 0.1) is 23.7 Å². The van der Waals surface area contributed by atoms with Crippen LogP contribution in [0.5, 0.6) is 0 Å². The van der Waals surface area contributed by atoms with Crippen LogP contribution < -0.4 is 4.72 Å². The Balaban J connectivity index is 1.73. The van der Waals surface area contributed by atoms with Crippen molar-refractivity contribution in [2.75, 3.05) is 0 Å². The molecule has 2 aliphatic rings. The van der Waals surface area contributed by atoms with Crippen molar-refractivity contribution in [1.29, 1.82) is 0 Å². The maximum absolute atomic E-state index is 11.8. The molecule has 7 nitrogen and oxygen atoms in total. The Bertz CT molecular complexity index is 782. The fourth-order valence-corrected chi connectivity index (χ4v) is 4.97. The summed E-state index contributed by atoms with van der Waals surface area (Å²) in [5, 5.41) is 19.8. The molecule has 0 spiro atoms. The highest BCUT2D eigenvalue weighted by Crippen LogP contribution is 2.45. The smallest absolute Gasteiger partial charge is 0.237 e. The monoisotopic (exact) mass is 455 g/mol. The summed E-state index contributed by atoms with van der Waals surface area (Å²) >= 11 is 0. The minimum absolute atomic E-state index is 0.0195. The van der Waals surface area contributed by atoms with Crippen molar-refractivity contribution in [3.63, 3.8) is 0 Å². The molecule has 0 aromatic heterocycles. The van der Waals surface area contributed by atoms with Gasteiger partial charge in [-0.05, 0) is 52.4 Å². The van der Waals surface area contributed by atoms with Crippen molar-refractivity contribution in [2.24, 2.45) is 11.8 Å². The highest BCUT2D eigenvalue weighted by atomic mass is 32.2. The summed E-state index contributed by atoms with van der Waals surface area (Å²) in [5.74, 6) is 5.50. The van der Waals surface area contributed by atoms with Gasteiger partial charge >= 0.3 is 0 Å². The quantitative estimate of drug-likeness (QED) is 0.250. The molecule has 0 radical (unpaired) electrons. The number of nitrogens with one attached hydrogen (secondary N) is 1. The number of aliphatic hydroxyl groups excluding tert-OH is 2. The van der Waals surface area contributed by atoms with Crippen molar-refractivity contribution < 1.29 is 28.2 Å². The van der Waals surface area contributed by atoms with Crippen molar-refractivity contribution in [3.05, 3.63) is 12.2 Å². The molecular formula is C23H37NO6S. The fraction of sp³-hybridized carbons (Fsp3) is 0.783. The molecule has 6 atom stereocenters. The number of hydrogen-bond donors (Lipinski definition) is 3. The summed E-state index contributed by atoms with van der Waals surface area (Å²) in [6.07, 6.45) is 7.85. The first kappa shape index (κ1) is 25.9. The van der Waals surface area contributed by atoms with Gasteiger partial charge in [-0.1, -0.05) is 18.6 Å². The number of rotatable bonds is 11. The van der Waals surface area contributed by atoms with Crippen LogP contribution in [0.3, 0.4) is 0 Å². The molecule has 1 heterocycles. The van der Waals surface area contributed by atoms with Crippen LogP contribution in [-0.2, 0) is 19.6 Å². The highest BCUT2D eigenvalue weighted by Gasteiger charge is 2.47. The maximum Gasteiger partial charge on any atom is 0.237 e. The number of hydrogen-bond acceptors (Lipinski definition) is 6. The zero-order chi connectivity index (χ0) is 23.0. The fourth-order valence-electron chi connectivity index (χ4n) is 4.31. The van der Waals surface area contributed by atoms with E-state index in [1.165, 1.54) is 13.8 Å². The van der Waals surface area contributed by atoms with E-state index in [-0.39, 0.29) is 30.5 Å². The first-order valence-corrected chi connectivity index (χ1v) is 12.8. The molecule has 0 unspecified atom stereocenters. The van der Waals surface area contributed by atoms with E-state index in [0.29, 0.717) is 25.7 Å². The molecule has 176 valence electrons. The second-order valence-corrected chi connectivity index (χ2v) is 11.1. The molecule has 8 heteroatoms. The molecule has 0 bridgehead atoms. The van der Waals surface area contributed by atoms with Crippen LogP contribution in [0.15, 0.2) is 12.2 Å². The van der Waals surface area contributed by atoms with E-state index in [1.54, 1.807) is 13.0 Å². The molecule has 0 aromatic rings. The van der Waals surface area contributed by atoms with Crippen molar-refractivity contribution in [2.45, 2.75) is 102 Å². The Hall–Kier alpha value is -1.40. The third-order valence-corrected chi connectivity index (χ3v) is 7.90. The van der Waals surface area contributed by atoms with Crippen LogP contribution in [0.25, 0.3) is 0 Å². The third kappa shape index (κ3) is 7.90. The topological polar surface area (TPSA) is 113 Å². The number of ether oxygens (including phenoxy) is 1. The summed E-state index contributed by atoms with van der Waals surface area (Å²) < 4.78 is 31.7. The predicted molar refractivity (Wildman–Crippen MR) is 119 cm³/mol. The Kier molecular flexibility index (Phi) is 10.0. The summed E-state index contributed by atoms with van der Waals surface area (Å²) in [5.41, 5.74) is 0. The van der Waals surface area contributed by atoms with E-state index >= 15 is 0 Å². The Morgan fingerprint density at radius 3 is 2.71 bits per heavy atom. The average Bonchev–Trinajstić information content (AvgIpc) is 3.19. The van der Waals surface area contributed by atoms with Crippen LogP contribution >= 0.6 is 0 Å². The van der Waals surface area contributed by atoms with Gasteiger partial charge in [0, 0.05) is 25.2 Å². The number of unbranched alkanes of at least 4 members (excludes halogenated alkanes) is 1. The van der Waals surface area contributed by atoms with Gasteiger partial charge in [0.25, 0.3) is 0 Å². The first-order chi connectivity index (χ1) is 14.6. The molecular weight excluding hydrogens is 418 g/mol. The predicted octanol–water partition coefficient (Wildman–Crippen LogP) is 2.28. The minimum Gasteiger partial charge on any atom is -0.392 e. The lowest BCUT2D eigenvalue weighted by Gasteiger charge is -2.18. The van der Waals surface area contributed by atoms with Gasteiger partial charge in [-0.3, -0.25) is 9.52 Å². The molecule has 1 amide bonds. The second-order valence-electron chi connectivity index (χ2n) is 8.86. The zero-order valence-corrected chi connectivity index (χ0v) is 19.6. The molecule has 2 rings (SSSR count). The first-order valence-electron chi connectivity index (χ1n) is 11.3. The number of fused-ring (bicyclic) bond motifs is 1. The minimum atomic E-state index is -3.57. The lowest BCUT2D eigenvalue weighted by molar-refractivity contribution is -0.119. The van der Waals surface area contributed by atoms with Crippen LogP contribution in [0.2, 0.25) is 0 Å². The van der Waals surface area contributed by atoms with E-state index in [1.807, 2.05) is 6.08 Å². The SMILES string of the molecule is CC#CCC[C@H](O)C=C[C@@H]1[C@H]2C[C@@H](CCCCC(=O)NS(=O)(=O)C(C)C)O[C@H]2C[C@H]1O. The molecule has 31 heavy (non-hydrogen) atoms. The van der Waals surface area contributed by atoms with E-state index in [2.05, 4.69) is 16.6 Å². The number of carbonyl (C=O) groups is 1. The summed E-state index contributed by atoms with van der Waals surface area (Å²) in [6, 6.07) is 0. The largest absolute Gasteiger partial charge is 0.392 e. The Labute approximate surface area is 186 Å². The van der Waals surface area contributed by atoms with Crippen molar-refractivity contribution in [1.82, 2.24) is 4.72 Å². The molecule has 3 N–H and O–H groups in total. The van der Waals surface area contributed by atoms with Gasteiger partial charge in [0.2, 0.25) is 15.9 Å². The van der Waals surface area contributed by atoms with Gasteiger partial charge in [-0.2, -0.15) is 0 Å². The van der Waals surface area contributed by atoms with E-state index in [0.717, 1.165) is 19.3 Å². The van der Waals surface area contributed by atoms with Gasteiger partial charge in [0.05, 0.1) is 29.7 Å². The number of sulfonamides is 1. The van der Waals surface area contributed by atoms with Gasteiger partial charge < -0.3 is 14.9 Å². The highest BCUT2D eigenvalue weighted by molar-refractivity contribution is 7.90. The molecule has 0 aromatic carbocycles. The maximum atomic E-state index is 11.8. The number of carbonyl (C=O) groups excluding carboxylic acids is 1. The normalized spacial score (nSPS) is 29.0. The van der Waals surface area contributed by atoms with Gasteiger partial charge in [0.1, 0.15) is 0 Å². The zero-order valence-electron chi connectivity index (χ0n) is 18.8. The van der Waals surface area contributed by atoms with Gasteiger partial charge in [-0.15, -0.1) is 11.8 Å². The number of amides is 1. The summed E-state index contributed by atoms with van der Waals surface area (Å²) in [6.45, 7) is 4.84. The van der Waals surface area contributed by atoms with E-state index < -0.39 is 33.4 Å². The van der Waals surface area contributed by atoms with Gasteiger partial charge in [-0.25, -0.2) is 8.42 Å². The summed E-state index contributed by atoms with van der Waals surface area (Å²) in [7, 11) is -3.57. The Morgan fingerprint density at radius 1 is 1.29 bits per heavy atom. The molecule has 1 saturated heterocycles. The molecule has 1 aliphatic heterocycles. The van der Waals surface area contributed by atoms with Crippen LogP contribution in [0.1, 0.15) is 72.1 Å². The van der Waals surface area contributed by atoms with Gasteiger partial charge in [0.15, 0.2) is 0 Å². The lowest BCUT2D eigenvalue weighted by atomic mass is 9.89.